The largest absolute Gasteiger partial charge is 0.484 e. The van der Waals surface area contributed by atoms with Gasteiger partial charge in [0, 0.05) is 24.9 Å². The fraction of sp³-hybridized carbons (Fsp3) is 0.324. The number of rotatable bonds is 17. The Labute approximate surface area is 262 Å². The van der Waals surface area contributed by atoms with Crippen LogP contribution in [0.2, 0.25) is 0 Å². The maximum absolute atomic E-state index is 12.8. The van der Waals surface area contributed by atoms with Crippen LogP contribution in [0.4, 0.5) is 0 Å². The quantitative estimate of drug-likeness (QED) is 0.146. The van der Waals surface area contributed by atoms with Gasteiger partial charge in [-0.2, -0.15) is 0 Å². The second-order valence-corrected chi connectivity index (χ2v) is 10.6. The lowest BCUT2D eigenvalue weighted by Gasteiger charge is -2.19. The van der Waals surface area contributed by atoms with Crippen LogP contribution >= 0.6 is 0 Å². The number of hydrogen-bond donors (Lipinski definition) is 5. The number of carboxylic acid groups (broad SMARTS) is 1. The molecule has 5 N–H and O–H groups in total. The molecule has 3 rings (SSSR count). The molecule has 3 aromatic rings. The summed E-state index contributed by atoms with van der Waals surface area (Å²) in [7, 11) is 0. The standard InChI is InChI=1S/C34H40N4O7/c1-3-4-17-35-33(42)28(19-24-10-6-5-7-11-24)37-31(40)22-45-27-15-13-25(14-16-27)20-29(34(43)44)38-30(39)21-36-32(41)26-12-8-9-23(2)18-26/h5-16,18,28-29H,3-4,17,19-22H2,1-2H3,(H,35,42)(H,36,41)(H,37,40)(H,38,39)(H,43,44). The highest BCUT2D eigenvalue weighted by atomic mass is 16.5. The predicted octanol–water partition coefficient (Wildman–Crippen LogP) is 2.56. The van der Waals surface area contributed by atoms with Crippen molar-refractivity contribution in [3.63, 3.8) is 0 Å². The Kier molecular flexibility index (Phi) is 13.6. The fourth-order valence-corrected chi connectivity index (χ4v) is 4.41. The minimum absolute atomic E-state index is 0.0119. The summed E-state index contributed by atoms with van der Waals surface area (Å²) in [4.78, 5) is 61.9. The van der Waals surface area contributed by atoms with Crippen molar-refractivity contribution in [2.45, 2.75) is 51.6 Å². The van der Waals surface area contributed by atoms with E-state index in [1.807, 2.05) is 50.2 Å². The van der Waals surface area contributed by atoms with Crippen LogP contribution in [0.3, 0.4) is 0 Å². The smallest absolute Gasteiger partial charge is 0.326 e. The van der Waals surface area contributed by atoms with Crippen molar-refractivity contribution in [2.24, 2.45) is 0 Å². The maximum Gasteiger partial charge on any atom is 0.326 e. The molecule has 3 aromatic carbocycles. The highest BCUT2D eigenvalue weighted by Crippen LogP contribution is 2.14. The Balaban J connectivity index is 1.49. The molecule has 2 unspecified atom stereocenters. The fourth-order valence-electron chi connectivity index (χ4n) is 4.41. The van der Waals surface area contributed by atoms with Crippen molar-refractivity contribution in [3.05, 3.63) is 101 Å². The summed E-state index contributed by atoms with van der Waals surface area (Å²) in [6.45, 7) is 3.69. The zero-order valence-corrected chi connectivity index (χ0v) is 25.5. The first-order valence-electron chi connectivity index (χ1n) is 14.8. The summed E-state index contributed by atoms with van der Waals surface area (Å²) in [6, 6.07) is 20.7. The molecule has 238 valence electrons. The number of ether oxygens (including phenoxy) is 1. The molecule has 0 bridgehead atoms. The molecule has 0 aliphatic carbocycles. The number of unbranched alkanes of at least 4 members (excludes halogenated alkanes) is 1. The van der Waals surface area contributed by atoms with Gasteiger partial charge < -0.3 is 31.1 Å². The van der Waals surface area contributed by atoms with E-state index in [-0.39, 0.29) is 25.5 Å². The summed E-state index contributed by atoms with van der Waals surface area (Å²) < 4.78 is 5.60. The minimum Gasteiger partial charge on any atom is -0.484 e. The van der Waals surface area contributed by atoms with Crippen molar-refractivity contribution >= 4 is 29.6 Å². The van der Waals surface area contributed by atoms with Gasteiger partial charge >= 0.3 is 5.97 Å². The highest BCUT2D eigenvalue weighted by Gasteiger charge is 2.22. The van der Waals surface area contributed by atoms with E-state index in [1.54, 1.807) is 42.5 Å². The third kappa shape index (κ3) is 12.1. The lowest BCUT2D eigenvalue weighted by Crippen LogP contribution is -2.49. The molecule has 4 amide bonds. The summed E-state index contributed by atoms with van der Waals surface area (Å²) in [5.74, 6) is -2.66. The molecule has 2 atom stereocenters. The van der Waals surface area contributed by atoms with E-state index in [4.69, 9.17) is 4.74 Å². The Bertz CT molecular complexity index is 1440. The Morgan fingerprint density at radius 2 is 1.44 bits per heavy atom. The van der Waals surface area contributed by atoms with Crippen molar-refractivity contribution in [2.75, 3.05) is 19.7 Å². The van der Waals surface area contributed by atoms with Crippen LogP contribution in [-0.2, 0) is 32.0 Å². The van der Waals surface area contributed by atoms with Crippen LogP contribution in [0.25, 0.3) is 0 Å². The topological polar surface area (TPSA) is 163 Å². The number of aryl methyl sites for hydroxylation is 1. The van der Waals surface area contributed by atoms with Crippen molar-refractivity contribution in [3.8, 4) is 5.75 Å². The second kappa shape index (κ2) is 17.8. The highest BCUT2D eigenvalue weighted by molar-refractivity contribution is 5.97. The summed E-state index contributed by atoms with van der Waals surface area (Å²) in [5.41, 5.74) is 2.81. The van der Waals surface area contributed by atoms with Gasteiger partial charge in [0.1, 0.15) is 17.8 Å². The SMILES string of the molecule is CCCCNC(=O)C(Cc1ccccc1)NC(=O)COc1ccc(CC(NC(=O)CNC(=O)c2cccc(C)c2)C(=O)O)cc1. The van der Waals surface area contributed by atoms with Crippen LogP contribution < -0.4 is 26.0 Å². The molecular weight excluding hydrogens is 576 g/mol. The van der Waals surface area contributed by atoms with Crippen LogP contribution in [0, 0.1) is 6.92 Å². The Morgan fingerprint density at radius 1 is 0.778 bits per heavy atom. The molecule has 0 saturated carbocycles. The van der Waals surface area contributed by atoms with Crippen LogP contribution in [0.15, 0.2) is 78.9 Å². The van der Waals surface area contributed by atoms with Crippen molar-refractivity contribution in [1.82, 2.24) is 21.3 Å². The van der Waals surface area contributed by atoms with E-state index in [2.05, 4.69) is 21.3 Å². The third-order valence-electron chi connectivity index (χ3n) is 6.82. The van der Waals surface area contributed by atoms with E-state index in [0.29, 0.717) is 29.8 Å². The van der Waals surface area contributed by atoms with Gasteiger partial charge in [0.15, 0.2) is 6.61 Å². The molecule has 11 heteroatoms. The number of hydrogen-bond acceptors (Lipinski definition) is 6. The third-order valence-corrected chi connectivity index (χ3v) is 6.82. The minimum atomic E-state index is -1.23. The van der Waals surface area contributed by atoms with E-state index in [1.165, 1.54) is 0 Å². The first-order chi connectivity index (χ1) is 21.6. The van der Waals surface area contributed by atoms with E-state index < -0.39 is 35.8 Å². The monoisotopic (exact) mass is 616 g/mol. The van der Waals surface area contributed by atoms with E-state index in [9.17, 15) is 29.1 Å². The van der Waals surface area contributed by atoms with Crippen LogP contribution in [-0.4, -0.2) is 66.5 Å². The molecule has 0 radical (unpaired) electrons. The van der Waals surface area contributed by atoms with Gasteiger partial charge in [0.25, 0.3) is 11.8 Å². The molecule has 0 heterocycles. The molecule has 0 saturated heterocycles. The molecule has 0 aliphatic heterocycles. The Morgan fingerprint density at radius 3 is 2.11 bits per heavy atom. The summed E-state index contributed by atoms with van der Waals surface area (Å²) in [5, 5.41) is 20.2. The first-order valence-corrected chi connectivity index (χ1v) is 14.8. The number of nitrogens with one attached hydrogen (secondary N) is 4. The molecule has 0 spiro atoms. The van der Waals surface area contributed by atoms with Gasteiger partial charge in [0.05, 0.1) is 6.54 Å². The maximum atomic E-state index is 12.8. The number of carboxylic acids is 1. The summed E-state index contributed by atoms with van der Waals surface area (Å²) >= 11 is 0. The van der Waals surface area contributed by atoms with Gasteiger partial charge in [-0.05, 0) is 48.7 Å². The lowest BCUT2D eigenvalue weighted by atomic mass is 10.1. The molecule has 11 nitrogen and oxygen atoms in total. The van der Waals surface area contributed by atoms with Gasteiger partial charge in [-0.1, -0.05) is 73.5 Å². The van der Waals surface area contributed by atoms with Gasteiger partial charge in [-0.3, -0.25) is 19.2 Å². The molecule has 0 aromatic heterocycles. The first kappa shape index (κ1) is 34.3. The normalized spacial score (nSPS) is 11.9. The lowest BCUT2D eigenvalue weighted by molar-refractivity contribution is -0.141. The van der Waals surface area contributed by atoms with Crippen molar-refractivity contribution in [1.29, 1.82) is 0 Å². The average Bonchev–Trinajstić information content (AvgIpc) is 3.03. The molecule has 0 aliphatic rings. The van der Waals surface area contributed by atoms with Crippen LogP contribution in [0.1, 0.15) is 46.8 Å². The number of benzene rings is 3. The van der Waals surface area contributed by atoms with Crippen LogP contribution in [0.5, 0.6) is 5.75 Å². The van der Waals surface area contributed by atoms with E-state index in [0.717, 1.165) is 24.0 Å². The summed E-state index contributed by atoms with van der Waals surface area (Å²) in [6.07, 6.45) is 2.09. The van der Waals surface area contributed by atoms with Gasteiger partial charge in [0.2, 0.25) is 11.8 Å². The number of carbonyl (C=O) groups is 5. The average molecular weight is 617 g/mol. The van der Waals surface area contributed by atoms with E-state index >= 15 is 0 Å². The second-order valence-electron chi connectivity index (χ2n) is 10.6. The van der Waals surface area contributed by atoms with Gasteiger partial charge in [-0.25, -0.2) is 4.79 Å². The molecule has 0 fully saturated rings. The number of aliphatic carboxylic acids is 1. The Hall–Kier alpha value is -5.19. The zero-order valence-electron chi connectivity index (χ0n) is 25.5. The van der Waals surface area contributed by atoms with Crippen molar-refractivity contribution < 1.29 is 33.8 Å². The molecular formula is C34H40N4O7. The zero-order chi connectivity index (χ0) is 32.6. The molecule has 45 heavy (non-hydrogen) atoms. The number of amides is 4. The number of carbonyl (C=O) groups excluding carboxylic acids is 4. The van der Waals surface area contributed by atoms with Gasteiger partial charge in [-0.15, -0.1) is 0 Å². The predicted molar refractivity (Wildman–Crippen MR) is 169 cm³/mol.